The number of hydrogen-bond donors (Lipinski definition) is 2. The van der Waals surface area contributed by atoms with Gasteiger partial charge in [0.25, 0.3) is 5.91 Å². The highest BCUT2D eigenvalue weighted by molar-refractivity contribution is 7.09. The van der Waals surface area contributed by atoms with Gasteiger partial charge in [-0.3, -0.25) is 9.59 Å². The Bertz CT molecular complexity index is 1250. The van der Waals surface area contributed by atoms with E-state index in [2.05, 4.69) is 51.5 Å². The zero-order valence-electron chi connectivity index (χ0n) is 24.2. The fourth-order valence-corrected chi connectivity index (χ4v) is 7.28. The predicted octanol–water partition coefficient (Wildman–Crippen LogP) is 5.94. The molecule has 5 rings (SSSR count). The maximum Gasteiger partial charge on any atom is 0.251 e. The molecule has 2 fully saturated rings. The number of piperidine rings is 1. The molecule has 2 aliphatic rings. The van der Waals surface area contributed by atoms with Crippen LogP contribution in [-0.2, 0) is 11.2 Å². The van der Waals surface area contributed by atoms with E-state index in [-0.39, 0.29) is 24.4 Å². The summed E-state index contributed by atoms with van der Waals surface area (Å²) in [5.41, 5.74) is 2.42. The third-order valence-corrected chi connectivity index (χ3v) is 9.72. The molecule has 216 valence electrons. The Morgan fingerprint density at radius 3 is 2.52 bits per heavy atom. The molecule has 2 aromatic heterocycles. The van der Waals surface area contributed by atoms with Crippen molar-refractivity contribution in [2.24, 2.45) is 5.92 Å². The first-order chi connectivity index (χ1) is 19.5. The Labute approximate surface area is 242 Å². The van der Waals surface area contributed by atoms with Crippen molar-refractivity contribution in [1.29, 1.82) is 0 Å². The number of benzene rings is 1. The first-order valence-electron chi connectivity index (χ1n) is 15.4. The lowest BCUT2D eigenvalue weighted by atomic mass is 9.88. The third-order valence-electron chi connectivity index (χ3n) is 8.85. The van der Waals surface area contributed by atoms with Gasteiger partial charge >= 0.3 is 0 Å². The second kappa shape index (κ2) is 13.8. The van der Waals surface area contributed by atoms with Crippen molar-refractivity contribution in [3.05, 3.63) is 52.0 Å². The lowest BCUT2D eigenvalue weighted by Gasteiger charge is -2.35. The van der Waals surface area contributed by atoms with Gasteiger partial charge in [-0.2, -0.15) is 0 Å². The van der Waals surface area contributed by atoms with Crippen LogP contribution in [0.15, 0.2) is 35.7 Å². The summed E-state index contributed by atoms with van der Waals surface area (Å²) in [6.45, 7) is 7.72. The first kappa shape index (κ1) is 28.8. The summed E-state index contributed by atoms with van der Waals surface area (Å²) >= 11 is 1.74. The van der Waals surface area contributed by atoms with Crippen molar-refractivity contribution < 1.29 is 9.59 Å². The summed E-state index contributed by atoms with van der Waals surface area (Å²) < 4.78 is 2.35. The molecule has 0 unspecified atom stereocenters. The summed E-state index contributed by atoms with van der Waals surface area (Å²) in [4.78, 5) is 34.4. The average Bonchev–Trinajstić information content (AvgIpc) is 3.62. The largest absolute Gasteiger partial charge is 0.352 e. The molecular weight excluding hydrogens is 518 g/mol. The van der Waals surface area contributed by atoms with Crippen molar-refractivity contribution in [2.45, 2.75) is 90.1 Å². The molecule has 1 saturated carbocycles. The molecule has 1 aliphatic carbocycles. The van der Waals surface area contributed by atoms with Crippen LogP contribution < -0.4 is 10.6 Å². The SMILES string of the molecule is CCC(CC)n1c(Cc2cccs2)nc2cc(C(=O)NCC(=O)NC3CCN(CC4CCCCC4)CC3)ccc21. The van der Waals surface area contributed by atoms with E-state index in [9.17, 15) is 9.59 Å². The van der Waals surface area contributed by atoms with E-state index in [1.54, 1.807) is 11.3 Å². The maximum absolute atomic E-state index is 13.0. The standard InChI is InChI=1S/C32H45N5O2S/c1-3-26(4-2)37-29-13-12-24(19-28(29)35-30(37)20-27-11-8-18-40-27)32(39)33-21-31(38)34-25-14-16-36(17-15-25)22-23-9-6-5-7-10-23/h8,11-13,18-19,23,25-26H,3-7,9-10,14-17,20-22H2,1-2H3,(H,33,39)(H,34,38). The second-order valence-electron chi connectivity index (χ2n) is 11.7. The lowest BCUT2D eigenvalue weighted by Crippen LogP contribution is -2.48. The molecule has 3 aromatic rings. The molecule has 0 radical (unpaired) electrons. The molecule has 40 heavy (non-hydrogen) atoms. The van der Waals surface area contributed by atoms with Gasteiger partial charge in [-0.05, 0) is 74.1 Å². The predicted molar refractivity (Wildman–Crippen MR) is 163 cm³/mol. The molecule has 3 heterocycles. The summed E-state index contributed by atoms with van der Waals surface area (Å²) in [7, 11) is 0. The highest BCUT2D eigenvalue weighted by atomic mass is 32.1. The number of thiophene rings is 1. The third kappa shape index (κ3) is 7.13. The van der Waals surface area contributed by atoms with E-state index < -0.39 is 0 Å². The van der Waals surface area contributed by atoms with Crippen molar-refractivity contribution in [3.8, 4) is 0 Å². The fourth-order valence-electron chi connectivity index (χ4n) is 6.58. The minimum absolute atomic E-state index is 0.00896. The molecule has 2 N–H and O–H groups in total. The van der Waals surface area contributed by atoms with E-state index in [0.29, 0.717) is 11.6 Å². The van der Waals surface area contributed by atoms with Crippen LogP contribution >= 0.6 is 11.3 Å². The van der Waals surface area contributed by atoms with Crippen LogP contribution in [0.25, 0.3) is 11.0 Å². The fraction of sp³-hybridized carbons (Fsp3) is 0.594. The van der Waals surface area contributed by atoms with Gasteiger partial charge in [-0.25, -0.2) is 4.98 Å². The van der Waals surface area contributed by atoms with E-state index in [0.717, 1.165) is 68.0 Å². The van der Waals surface area contributed by atoms with Crippen LogP contribution in [0, 0.1) is 5.92 Å². The molecule has 1 saturated heterocycles. The van der Waals surface area contributed by atoms with Gasteiger partial charge in [0.1, 0.15) is 5.82 Å². The molecule has 0 atom stereocenters. The summed E-state index contributed by atoms with van der Waals surface area (Å²) in [6.07, 6.45) is 11.7. The maximum atomic E-state index is 13.0. The van der Waals surface area contributed by atoms with Gasteiger partial charge in [0.15, 0.2) is 0 Å². The van der Waals surface area contributed by atoms with Crippen LogP contribution in [0.4, 0.5) is 0 Å². The van der Waals surface area contributed by atoms with Crippen molar-refractivity contribution in [1.82, 2.24) is 25.1 Å². The van der Waals surface area contributed by atoms with E-state index in [1.165, 1.54) is 43.5 Å². The number of fused-ring (bicyclic) bond motifs is 1. The first-order valence-corrected chi connectivity index (χ1v) is 16.2. The van der Waals surface area contributed by atoms with E-state index in [1.807, 2.05) is 18.2 Å². The highest BCUT2D eigenvalue weighted by Gasteiger charge is 2.24. The Morgan fingerprint density at radius 2 is 1.82 bits per heavy atom. The Morgan fingerprint density at radius 1 is 1.05 bits per heavy atom. The van der Waals surface area contributed by atoms with Gasteiger partial charge in [-0.15, -0.1) is 11.3 Å². The Balaban J connectivity index is 1.15. The topological polar surface area (TPSA) is 79.3 Å². The van der Waals surface area contributed by atoms with Crippen LogP contribution in [0.1, 0.15) is 98.7 Å². The summed E-state index contributed by atoms with van der Waals surface area (Å²) in [5.74, 6) is 1.54. The number of carbonyl (C=O) groups excluding carboxylic acids is 2. The van der Waals surface area contributed by atoms with Gasteiger partial charge in [-0.1, -0.05) is 39.2 Å². The van der Waals surface area contributed by atoms with Gasteiger partial charge < -0.3 is 20.1 Å². The highest BCUT2D eigenvalue weighted by Crippen LogP contribution is 2.29. The van der Waals surface area contributed by atoms with E-state index >= 15 is 0 Å². The number of hydrogen-bond acceptors (Lipinski definition) is 5. The van der Waals surface area contributed by atoms with Crippen LogP contribution in [0.2, 0.25) is 0 Å². The molecule has 0 spiro atoms. The van der Waals surface area contributed by atoms with Crippen LogP contribution in [0.3, 0.4) is 0 Å². The number of rotatable bonds is 11. The number of nitrogens with zero attached hydrogens (tertiary/aromatic N) is 3. The number of aromatic nitrogens is 2. The number of likely N-dealkylation sites (tertiary alicyclic amines) is 1. The van der Waals surface area contributed by atoms with Crippen LogP contribution in [0.5, 0.6) is 0 Å². The minimum Gasteiger partial charge on any atom is -0.352 e. The smallest absolute Gasteiger partial charge is 0.251 e. The van der Waals surface area contributed by atoms with E-state index in [4.69, 9.17) is 4.98 Å². The molecular formula is C32H45N5O2S. The van der Waals surface area contributed by atoms with Crippen molar-refractivity contribution in [2.75, 3.05) is 26.2 Å². The van der Waals surface area contributed by atoms with Gasteiger partial charge in [0.05, 0.1) is 17.6 Å². The quantitative estimate of drug-likeness (QED) is 0.303. The number of nitrogens with one attached hydrogen (secondary N) is 2. The molecule has 1 aliphatic heterocycles. The van der Waals surface area contributed by atoms with Crippen molar-refractivity contribution in [3.63, 3.8) is 0 Å². The van der Waals surface area contributed by atoms with Gasteiger partial charge in [0, 0.05) is 48.6 Å². The number of imidazole rings is 1. The van der Waals surface area contributed by atoms with Gasteiger partial charge in [0.2, 0.25) is 5.91 Å². The second-order valence-corrected chi connectivity index (χ2v) is 12.7. The monoisotopic (exact) mass is 563 g/mol. The summed E-state index contributed by atoms with van der Waals surface area (Å²) in [6, 6.07) is 10.5. The van der Waals surface area contributed by atoms with Crippen molar-refractivity contribution >= 4 is 34.2 Å². The Hall–Kier alpha value is -2.71. The summed E-state index contributed by atoms with van der Waals surface area (Å²) in [5, 5.41) is 8.06. The Kier molecular flexibility index (Phi) is 9.92. The zero-order chi connectivity index (χ0) is 27.9. The average molecular weight is 564 g/mol. The molecule has 7 nitrogen and oxygen atoms in total. The number of carbonyl (C=O) groups is 2. The molecule has 1 aromatic carbocycles. The zero-order valence-corrected chi connectivity index (χ0v) is 25.0. The lowest BCUT2D eigenvalue weighted by molar-refractivity contribution is -0.121. The molecule has 8 heteroatoms. The van der Waals surface area contributed by atoms with Crippen LogP contribution in [-0.4, -0.2) is 58.5 Å². The molecule has 0 bridgehead atoms. The minimum atomic E-state index is -0.240. The molecule has 2 amide bonds. The number of amides is 2. The normalized spacial score (nSPS) is 17.5.